The van der Waals surface area contributed by atoms with Gasteiger partial charge in [0, 0.05) is 13.6 Å². The summed E-state index contributed by atoms with van der Waals surface area (Å²) >= 11 is 0. The second-order valence-electron chi connectivity index (χ2n) is 6.51. The molecule has 1 amide bonds. The molecule has 0 heterocycles. The predicted octanol–water partition coefficient (Wildman–Crippen LogP) is 3.68. The molecule has 7 heteroatoms. The van der Waals surface area contributed by atoms with Crippen LogP contribution in [-0.4, -0.2) is 32.8 Å². The topological polar surface area (TPSA) is 57.7 Å². The summed E-state index contributed by atoms with van der Waals surface area (Å²) in [5.41, 5.74) is 0.740. The minimum absolute atomic E-state index is 0.0123. The maximum Gasteiger partial charge on any atom is 0.264 e. The highest BCUT2D eigenvalue weighted by atomic mass is 32.2. The molecule has 5 nitrogen and oxygen atoms in total. The lowest BCUT2D eigenvalue weighted by Gasteiger charge is -2.27. The third-order valence-electron chi connectivity index (χ3n) is 4.42. The fourth-order valence-corrected chi connectivity index (χ4v) is 4.31. The minimum atomic E-state index is -4.13. The lowest BCUT2D eigenvalue weighted by Crippen LogP contribution is -2.41. The number of carbonyl (C=O) groups excluding carboxylic acids is 1. The number of amides is 1. The number of para-hydroxylation sites is 1. The van der Waals surface area contributed by atoms with E-state index in [1.165, 1.54) is 41.3 Å². The van der Waals surface area contributed by atoms with Gasteiger partial charge in [-0.15, -0.1) is 0 Å². The Morgan fingerprint density at radius 1 is 0.862 bits per heavy atom. The number of anilines is 1. The van der Waals surface area contributed by atoms with E-state index in [0.717, 1.165) is 9.87 Å². The number of hydrogen-bond donors (Lipinski definition) is 0. The van der Waals surface area contributed by atoms with Crippen molar-refractivity contribution in [3.8, 4) is 0 Å². The SMILES string of the molecule is CN(Cc1ccccc1)C(=O)CN(c1ccccc1F)S(=O)(=O)c1ccccc1. The molecular formula is C22H21FN2O3S. The van der Waals surface area contributed by atoms with Gasteiger partial charge >= 0.3 is 0 Å². The van der Waals surface area contributed by atoms with Gasteiger partial charge in [0.05, 0.1) is 10.6 Å². The molecule has 0 radical (unpaired) electrons. The van der Waals surface area contributed by atoms with Gasteiger partial charge in [0.15, 0.2) is 0 Å². The Hall–Kier alpha value is -3.19. The number of rotatable bonds is 7. The Morgan fingerprint density at radius 3 is 2.03 bits per heavy atom. The first kappa shape index (κ1) is 20.5. The Morgan fingerprint density at radius 2 is 1.41 bits per heavy atom. The normalized spacial score (nSPS) is 11.1. The van der Waals surface area contributed by atoms with Crippen molar-refractivity contribution < 1.29 is 17.6 Å². The third-order valence-corrected chi connectivity index (χ3v) is 6.19. The second kappa shape index (κ2) is 8.87. The molecule has 3 aromatic rings. The highest BCUT2D eigenvalue weighted by Crippen LogP contribution is 2.26. The van der Waals surface area contributed by atoms with E-state index in [1.807, 2.05) is 30.3 Å². The Balaban J connectivity index is 1.92. The second-order valence-corrected chi connectivity index (χ2v) is 8.37. The summed E-state index contributed by atoms with van der Waals surface area (Å²) < 4.78 is 41.7. The molecule has 0 aliphatic carbocycles. The van der Waals surface area contributed by atoms with E-state index in [2.05, 4.69) is 0 Å². The van der Waals surface area contributed by atoms with E-state index < -0.39 is 28.3 Å². The number of carbonyl (C=O) groups is 1. The molecular weight excluding hydrogens is 391 g/mol. The summed E-state index contributed by atoms with van der Waals surface area (Å²) in [6, 6.07) is 22.5. The smallest absolute Gasteiger partial charge is 0.264 e. The highest BCUT2D eigenvalue weighted by Gasteiger charge is 2.29. The zero-order valence-electron chi connectivity index (χ0n) is 15.9. The quantitative estimate of drug-likeness (QED) is 0.595. The average molecular weight is 412 g/mol. The van der Waals surface area contributed by atoms with Crippen LogP contribution in [-0.2, 0) is 21.4 Å². The lowest BCUT2D eigenvalue weighted by molar-refractivity contribution is -0.128. The van der Waals surface area contributed by atoms with Crippen molar-refractivity contribution in [2.75, 3.05) is 17.9 Å². The molecule has 0 aliphatic rings. The van der Waals surface area contributed by atoms with E-state index in [1.54, 1.807) is 25.2 Å². The van der Waals surface area contributed by atoms with Crippen molar-refractivity contribution in [3.05, 3.63) is 96.3 Å². The van der Waals surface area contributed by atoms with Crippen LogP contribution in [0.4, 0.5) is 10.1 Å². The van der Waals surface area contributed by atoms with Crippen molar-refractivity contribution in [1.82, 2.24) is 4.90 Å². The number of sulfonamides is 1. The molecule has 0 unspecified atom stereocenters. The number of halogens is 1. The monoisotopic (exact) mass is 412 g/mol. The van der Waals surface area contributed by atoms with Gasteiger partial charge in [0.2, 0.25) is 5.91 Å². The molecule has 29 heavy (non-hydrogen) atoms. The van der Waals surface area contributed by atoms with Gasteiger partial charge < -0.3 is 4.90 Å². The summed E-state index contributed by atoms with van der Waals surface area (Å²) in [6.45, 7) is -0.197. The van der Waals surface area contributed by atoms with Crippen LogP contribution in [0.25, 0.3) is 0 Å². The van der Waals surface area contributed by atoms with Crippen LogP contribution in [0.1, 0.15) is 5.56 Å². The average Bonchev–Trinajstić information content (AvgIpc) is 2.73. The van der Waals surface area contributed by atoms with E-state index in [9.17, 15) is 17.6 Å². The molecule has 150 valence electrons. The van der Waals surface area contributed by atoms with Crippen molar-refractivity contribution >= 4 is 21.6 Å². The first-order valence-electron chi connectivity index (χ1n) is 9.00. The van der Waals surface area contributed by atoms with E-state index in [4.69, 9.17) is 0 Å². The molecule has 3 rings (SSSR count). The van der Waals surface area contributed by atoms with E-state index >= 15 is 0 Å². The Kier molecular flexibility index (Phi) is 6.29. The maximum absolute atomic E-state index is 14.5. The van der Waals surface area contributed by atoms with Crippen LogP contribution < -0.4 is 4.31 Å². The molecule has 0 saturated carbocycles. The zero-order chi connectivity index (χ0) is 20.9. The molecule has 0 N–H and O–H groups in total. The van der Waals surface area contributed by atoms with Crippen molar-refractivity contribution in [2.24, 2.45) is 0 Å². The van der Waals surface area contributed by atoms with Crippen molar-refractivity contribution in [1.29, 1.82) is 0 Å². The largest absolute Gasteiger partial charge is 0.340 e. The van der Waals surface area contributed by atoms with Crippen molar-refractivity contribution in [2.45, 2.75) is 11.4 Å². The van der Waals surface area contributed by atoms with Gasteiger partial charge in [-0.1, -0.05) is 60.7 Å². The molecule has 0 spiro atoms. The minimum Gasteiger partial charge on any atom is -0.340 e. The molecule has 3 aromatic carbocycles. The van der Waals surface area contributed by atoms with E-state index in [0.29, 0.717) is 6.54 Å². The maximum atomic E-state index is 14.5. The molecule has 0 fully saturated rings. The summed E-state index contributed by atoms with van der Waals surface area (Å²) in [5.74, 6) is -1.16. The molecule has 0 aromatic heterocycles. The predicted molar refractivity (Wildman–Crippen MR) is 110 cm³/mol. The zero-order valence-corrected chi connectivity index (χ0v) is 16.7. The van der Waals surface area contributed by atoms with Crippen LogP contribution in [0.2, 0.25) is 0 Å². The van der Waals surface area contributed by atoms with Gasteiger partial charge in [0.25, 0.3) is 10.0 Å². The van der Waals surface area contributed by atoms with Gasteiger partial charge in [-0.3, -0.25) is 9.10 Å². The number of hydrogen-bond acceptors (Lipinski definition) is 3. The standard InChI is InChI=1S/C22H21FN2O3S/c1-24(16-18-10-4-2-5-11-18)22(26)17-25(21-15-9-8-14-20(21)23)29(27,28)19-12-6-3-7-13-19/h2-15H,16-17H2,1H3. The fourth-order valence-electron chi connectivity index (χ4n) is 2.86. The number of nitrogens with zero attached hydrogens (tertiary/aromatic N) is 2. The first-order chi connectivity index (χ1) is 13.9. The van der Waals surface area contributed by atoms with Gasteiger partial charge in [-0.05, 0) is 29.8 Å². The number of benzene rings is 3. The van der Waals surface area contributed by atoms with Crippen LogP contribution in [0, 0.1) is 5.82 Å². The van der Waals surface area contributed by atoms with Crippen LogP contribution in [0.3, 0.4) is 0 Å². The van der Waals surface area contributed by atoms with Gasteiger partial charge in [0.1, 0.15) is 12.4 Å². The van der Waals surface area contributed by atoms with Crippen LogP contribution in [0.15, 0.2) is 89.8 Å². The Bertz CT molecular complexity index is 1070. The van der Waals surface area contributed by atoms with Gasteiger partial charge in [-0.2, -0.15) is 0 Å². The molecule has 0 bridgehead atoms. The first-order valence-corrected chi connectivity index (χ1v) is 10.4. The van der Waals surface area contributed by atoms with Crippen LogP contribution >= 0.6 is 0 Å². The van der Waals surface area contributed by atoms with Gasteiger partial charge in [-0.25, -0.2) is 12.8 Å². The summed E-state index contributed by atoms with van der Waals surface area (Å²) in [6.07, 6.45) is 0. The summed E-state index contributed by atoms with van der Waals surface area (Å²) in [5, 5.41) is 0. The summed E-state index contributed by atoms with van der Waals surface area (Å²) in [7, 11) is -2.54. The molecule has 0 atom stereocenters. The highest BCUT2D eigenvalue weighted by molar-refractivity contribution is 7.92. The molecule has 0 aliphatic heterocycles. The molecule has 0 saturated heterocycles. The summed E-state index contributed by atoms with van der Waals surface area (Å²) in [4.78, 5) is 14.2. The van der Waals surface area contributed by atoms with Crippen LogP contribution in [0.5, 0.6) is 0 Å². The fraction of sp³-hybridized carbons (Fsp3) is 0.136. The number of likely N-dealkylation sites (N-methyl/N-ethyl adjacent to an activating group) is 1. The lowest BCUT2D eigenvalue weighted by atomic mass is 10.2. The van der Waals surface area contributed by atoms with Crippen molar-refractivity contribution in [3.63, 3.8) is 0 Å². The third kappa shape index (κ3) is 4.81. The van der Waals surface area contributed by atoms with E-state index in [-0.39, 0.29) is 10.6 Å². The Labute approximate surface area is 170 Å².